The van der Waals surface area contributed by atoms with Crippen molar-refractivity contribution in [3.05, 3.63) is 35.4 Å². The molecule has 0 unspecified atom stereocenters. The number of carbonyl (C=O) groups is 1. The molecule has 8 nitrogen and oxygen atoms in total. The van der Waals surface area contributed by atoms with E-state index in [4.69, 9.17) is 15.0 Å². The van der Waals surface area contributed by atoms with Crippen molar-refractivity contribution in [3.63, 3.8) is 0 Å². The number of aromatic nitrogens is 5. The first-order valence-electron chi connectivity index (χ1n) is 13.4. The summed E-state index contributed by atoms with van der Waals surface area (Å²) in [5.74, 6) is 4.12. The summed E-state index contributed by atoms with van der Waals surface area (Å²) in [5, 5.41) is 7.60. The van der Waals surface area contributed by atoms with Gasteiger partial charge in [-0.2, -0.15) is 5.10 Å². The molecular weight excluding hydrogens is 426 g/mol. The second kappa shape index (κ2) is 6.79. The van der Waals surface area contributed by atoms with Crippen LogP contribution in [-0.4, -0.2) is 67.2 Å². The smallest absolute Gasteiger partial charge is 0.320 e. The first kappa shape index (κ1) is 19.8. The molecule has 2 aromatic heterocycles. The highest BCUT2D eigenvalue weighted by Gasteiger charge is 2.56. The van der Waals surface area contributed by atoms with Gasteiger partial charge in [-0.25, -0.2) is 9.78 Å². The molecule has 0 bridgehead atoms. The maximum absolute atomic E-state index is 12.9. The molecule has 0 radical (unpaired) electrons. The minimum absolute atomic E-state index is 0.198. The van der Waals surface area contributed by atoms with Gasteiger partial charge in [-0.1, -0.05) is 6.42 Å². The molecule has 6 aliphatic rings. The fourth-order valence-corrected chi connectivity index (χ4v) is 7.41. The van der Waals surface area contributed by atoms with Crippen molar-refractivity contribution in [2.45, 2.75) is 81.5 Å². The Bertz CT molecular complexity index is 1110. The highest BCUT2D eigenvalue weighted by molar-refractivity contribution is 5.77. The molecule has 2 amide bonds. The Morgan fingerprint density at radius 3 is 2.15 bits per heavy atom. The number of aromatic amines is 1. The number of likely N-dealkylation sites (tertiary alicyclic amines) is 2. The van der Waals surface area contributed by atoms with Gasteiger partial charge in [0.1, 0.15) is 5.82 Å². The highest BCUT2D eigenvalue weighted by atomic mass is 16.2. The molecule has 178 valence electrons. The lowest BCUT2D eigenvalue weighted by Crippen LogP contribution is -2.67. The summed E-state index contributed by atoms with van der Waals surface area (Å²) in [6.45, 7) is 3.32. The minimum Gasteiger partial charge on any atom is -0.323 e. The molecule has 2 spiro atoms. The Balaban J connectivity index is 0.803. The Morgan fingerprint density at radius 1 is 0.853 bits per heavy atom. The first-order chi connectivity index (χ1) is 16.6. The summed E-state index contributed by atoms with van der Waals surface area (Å²) in [6, 6.07) is 0.198. The molecule has 6 fully saturated rings. The van der Waals surface area contributed by atoms with Gasteiger partial charge in [0, 0.05) is 67.7 Å². The van der Waals surface area contributed by atoms with Crippen LogP contribution >= 0.6 is 0 Å². The molecule has 4 heterocycles. The van der Waals surface area contributed by atoms with Crippen LogP contribution < -0.4 is 0 Å². The molecule has 2 saturated heterocycles. The van der Waals surface area contributed by atoms with E-state index in [-0.39, 0.29) is 6.03 Å². The number of hydrogen-bond acceptors (Lipinski definition) is 5. The van der Waals surface area contributed by atoms with Crippen LogP contribution in [0.3, 0.4) is 0 Å². The van der Waals surface area contributed by atoms with Gasteiger partial charge in [-0.3, -0.25) is 15.1 Å². The van der Waals surface area contributed by atoms with Gasteiger partial charge in [0.15, 0.2) is 5.82 Å². The predicted octanol–water partition coefficient (Wildman–Crippen LogP) is 3.92. The van der Waals surface area contributed by atoms with Crippen LogP contribution in [0.2, 0.25) is 0 Å². The van der Waals surface area contributed by atoms with E-state index in [1.807, 2.05) is 22.2 Å². The standard InChI is InChI=1S/C26H33N7O/c34-24(33-14-26(15-33)8-18(9-26)23-29-22(30-31-23)16-2-3-16)32-12-19(13-32)21-11-27-20(10-28-21)17-6-25(7-17)4-1-5-25/h10-11,16-19H,1-9,12-15H2,(H,29,30,31). The van der Waals surface area contributed by atoms with Gasteiger partial charge in [0.25, 0.3) is 0 Å². The maximum atomic E-state index is 12.9. The summed E-state index contributed by atoms with van der Waals surface area (Å²) in [4.78, 5) is 31.2. The monoisotopic (exact) mass is 459 g/mol. The second-order valence-electron chi connectivity index (χ2n) is 12.5. The summed E-state index contributed by atoms with van der Waals surface area (Å²) >= 11 is 0. The van der Waals surface area contributed by atoms with Crippen LogP contribution in [0.25, 0.3) is 0 Å². The van der Waals surface area contributed by atoms with Crippen LogP contribution in [-0.2, 0) is 0 Å². The molecule has 4 aliphatic carbocycles. The molecule has 2 aromatic rings. The van der Waals surface area contributed by atoms with E-state index >= 15 is 0 Å². The van der Waals surface area contributed by atoms with E-state index in [1.54, 1.807) is 0 Å². The largest absolute Gasteiger partial charge is 0.323 e. The van der Waals surface area contributed by atoms with Gasteiger partial charge in [-0.15, -0.1) is 0 Å². The molecule has 34 heavy (non-hydrogen) atoms. The Hall–Kier alpha value is -2.51. The summed E-state index contributed by atoms with van der Waals surface area (Å²) < 4.78 is 0. The van der Waals surface area contributed by atoms with Gasteiger partial charge in [0.2, 0.25) is 0 Å². The van der Waals surface area contributed by atoms with Crippen molar-refractivity contribution in [2.24, 2.45) is 10.8 Å². The quantitative estimate of drug-likeness (QED) is 0.748. The fourth-order valence-electron chi connectivity index (χ4n) is 7.41. The summed E-state index contributed by atoms with van der Waals surface area (Å²) in [7, 11) is 0. The molecular formula is C26H33N7O. The van der Waals surface area contributed by atoms with E-state index in [0.717, 1.165) is 56.4 Å². The minimum atomic E-state index is 0.198. The van der Waals surface area contributed by atoms with E-state index < -0.39 is 0 Å². The topological polar surface area (TPSA) is 90.9 Å². The van der Waals surface area contributed by atoms with Gasteiger partial charge >= 0.3 is 6.03 Å². The number of rotatable bonds is 4. The van der Waals surface area contributed by atoms with Crippen molar-refractivity contribution >= 4 is 6.03 Å². The number of nitrogens with zero attached hydrogens (tertiary/aromatic N) is 6. The Kier molecular flexibility index (Phi) is 3.95. The lowest BCUT2D eigenvalue weighted by atomic mass is 9.51. The van der Waals surface area contributed by atoms with E-state index in [0.29, 0.717) is 34.5 Å². The van der Waals surface area contributed by atoms with E-state index in [1.165, 1.54) is 50.6 Å². The molecule has 4 saturated carbocycles. The van der Waals surface area contributed by atoms with Crippen LogP contribution in [0.5, 0.6) is 0 Å². The van der Waals surface area contributed by atoms with Crippen LogP contribution in [0.15, 0.2) is 12.4 Å². The molecule has 8 heteroatoms. The van der Waals surface area contributed by atoms with Crippen LogP contribution in [0.1, 0.15) is 104 Å². The van der Waals surface area contributed by atoms with Gasteiger partial charge in [0.05, 0.1) is 11.4 Å². The van der Waals surface area contributed by atoms with Crippen molar-refractivity contribution in [3.8, 4) is 0 Å². The van der Waals surface area contributed by atoms with Crippen molar-refractivity contribution < 1.29 is 4.79 Å². The lowest BCUT2D eigenvalue weighted by molar-refractivity contribution is -0.0602. The third-order valence-electron chi connectivity index (χ3n) is 9.98. The van der Waals surface area contributed by atoms with Gasteiger partial charge in [-0.05, 0) is 56.8 Å². The van der Waals surface area contributed by atoms with Crippen molar-refractivity contribution in [1.82, 2.24) is 34.9 Å². The highest BCUT2D eigenvalue weighted by Crippen LogP contribution is 2.61. The van der Waals surface area contributed by atoms with E-state index in [9.17, 15) is 4.79 Å². The average molecular weight is 460 g/mol. The van der Waals surface area contributed by atoms with Gasteiger partial charge < -0.3 is 9.80 Å². The predicted molar refractivity (Wildman–Crippen MR) is 124 cm³/mol. The lowest BCUT2D eigenvalue weighted by Gasteiger charge is -2.59. The number of urea groups is 1. The van der Waals surface area contributed by atoms with E-state index in [2.05, 4.69) is 10.2 Å². The normalized spacial score (nSPS) is 27.6. The van der Waals surface area contributed by atoms with Crippen molar-refractivity contribution in [1.29, 1.82) is 0 Å². The number of nitrogens with one attached hydrogen (secondary N) is 1. The summed E-state index contributed by atoms with van der Waals surface area (Å²) in [6.07, 6.45) is 15.6. The molecule has 0 aromatic carbocycles. The van der Waals surface area contributed by atoms with Crippen LogP contribution in [0, 0.1) is 10.8 Å². The third-order valence-corrected chi connectivity index (χ3v) is 9.98. The third kappa shape index (κ3) is 2.99. The number of carbonyl (C=O) groups excluding carboxylic acids is 1. The summed E-state index contributed by atoms with van der Waals surface area (Å²) in [5.41, 5.74) is 3.20. The number of H-pyrrole nitrogens is 1. The zero-order chi connectivity index (χ0) is 22.5. The SMILES string of the molecule is O=C(N1CC(c2cnc(C3CC4(CCC4)C3)cn2)C1)N1CC2(CC(c3n[nH]c(C4CC4)n3)C2)C1. The zero-order valence-electron chi connectivity index (χ0n) is 19.7. The molecule has 2 aliphatic heterocycles. The van der Waals surface area contributed by atoms with Crippen LogP contribution in [0.4, 0.5) is 4.79 Å². The molecule has 0 atom stereocenters. The number of hydrogen-bond donors (Lipinski definition) is 1. The Morgan fingerprint density at radius 2 is 1.53 bits per heavy atom. The Labute approximate surface area is 199 Å². The molecule has 8 rings (SSSR count). The zero-order valence-corrected chi connectivity index (χ0v) is 19.7. The fraction of sp³-hybridized carbons (Fsp3) is 0.731. The van der Waals surface area contributed by atoms with Crippen molar-refractivity contribution in [2.75, 3.05) is 26.2 Å². The average Bonchev–Trinajstić information content (AvgIpc) is 3.42. The second-order valence-corrected chi connectivity index (χ2v) is 12.5. The molecule has 1 N–H and O–H groups in total. The maximum Gasteiger partial charge on any atom is 0.320 e. The number of amides is 2. The first-order valence-corrected chi connectivity index (χ1v) is 13.4.